The van der Waals surface area contributed by atoms with Crippen LogP contribution in [-0.4, -0.2) is 18.0 Å². The fourth-order valence-electron chi connectivity index (χ4n) is 3.76. The average Bonchev–Trinajstić information content (AvgIpc) is 2.85. The quantitative estimate of drug-likeness (QED) is 0.826. The molecule has 1 saturated carbocycles. The van der Waals surface area contributed by atoms with Crippen LogP contribution < -0.4 is 5.73 Å². The molecule has 2 N–H and O–H groups in total. The van der Waals surface area contributed by atoms with Gasteiger partial charge < -0.3 is 5.73 Å². The third kappa shape index (κ3) is 2.76. The van der Waals surface area contributed by atoms with Crippen LogP contribution in [0.5, 0.6) is 0 Å². The second-order valence-electron chi connectivity index (χ2n) is 6.33. The maximum Gasteiger partial charge on any atom is 0.123 e. The van der Waals surface area contributed by atoms with Gasteiger partial charge in [0.1, 0.15) is 5.82 Å². The third-order valence-electron chi connectivity index (χ3n) is 5.08. The molecular formula is C16H23FN2. The highest BCUT2D eigenvalue weighted by molar-refractivity contribution is 5.46. The van der Waals surface area contributed by atoms with E-state index in [-0.39, 0.29) is 5.82 Å². The summed E-state index contributed by atoms with van der Waals surface area (Å²) in [6.07, 6.45) is 8.28. The van der Waals surface area contributed by atoms with E-state index < -0.39 is 0 Å². The molecule has 1 saturated heterocycles. The summed E-state index contributed by atoms with van der Waals surface area (Å²) >= 11 is 0. The van der Waals surface area contributed by atoms with Crippen molar-refractivity contribution in [1.82, 2.24) is 4.90 Å². The van der Waals surface area contributed by atoms with E-state index in [9.17, 15) is 4.39 Å². The van der Waals surface area contributed by atoms with Crippen LogP contribution in [0.2, 0.25) is 0 Å². The molecule has 0 aromatic heterocycles. The molecular weight excluding hydrogens is 239 g/mol. The molecule has 0 amide bonds. The van der Waals surface area contributed by atoms with E-state index in [1.165, 1.54) is 44.6 Å². The van der Waals surface area contributed by atoms with Crippen molar-refractivity contribution in [1.29, 1.82) is 0 Å². The summed E-state index contributed by atoms with van der Waals surface area (Å²) in [5, 5.41) is 0. The fraction of sp³-hybridized carbons (Fsp3) is 0.625. The molecule has 19 heavy (non-hydrogen) atoms. The SMILES string of the molecule is Nc1ccc(F)cc1CN1CCC2(CCCC2)CC1. The molecule has 1 heterocycles. The van der Waals surface area contributed by atoms with Gasteiger partial charge in [0.15, 0.2) is 0 Å². The van der Waals surface area contributed by atoms with Crippen LogP contribution in [0.3, 0.4) is 0 Å². The van der Waals surface area contributed by atoms with E-state index in [4.69, 9.17) is 5.73 Å². The van der Waals surface area contributed by atoms with Crippen LogP contribution in [0, 0.1) is 11.2 Å². The third-order valence-corrected chi connectivity index (χ3v) is 5.08. The molecule has 1 spiro atoms. The van der Waals surface area contributed by atoms with Gasteiger partial charge in [0.25, 0.3) is 0 Å². The Morgan fingerprint density at radius 3 is 2.47 bits per heavy atom. The zero-order valence-corrected chi connectivity index (χ0v) is 11.5. The lowest BCUT2D eigenvalue weighted by molar-refractivity contribution is 0.104. The average molecular weight is 262 g/mol. The summed E-state index contributed by atoms with van der Waals surface area (Å²) in [6.45, 7) is 3.06. The maximum absolute atomic E-state index is 13.3. The van der Waals surface area contributed by atoms with Crippen molar-refractivity contribution in [2.45, 2.75) is 45.1 Å². The lowest BCUT2D eigenvalue weighted by atomic mass is 9.77. The van der Waals surface area contributed by atoms with E-state index in [2.05, 4.69) is 4.90 Å². The van der Waals surface area contributed by atoms with Crippen molar-refractivity contribution in [2.75, 3.05) is 18.8 Å². The number of nitrogens with zero attached hydrogens (tertiary/aromatic N) is 1. The lowest BCUT2D eigenvalue weighted by Crippen LogP contribution is -2.38. The van der Waals surface area contributed by atoms with Gasteiger partial charge in [0, 0.05) is 12.2 Å². The highest BCUT2D eigenvalue weighted by Crippen LogP contribution is 2.46. The van der Waals surface area contributed by atoms with E-state index in [1.54, 1.807) is 12.1 Å². The molecule has 0 radical (unpaired) electrons. The predicted molar refractivity (Wildman–Crippen MR) is 76.2 cm³/mol. The molecule has 3 rings (SSSR count). The van der Waals surface area contributed by atoms with Gasteiger partial charge in [-0.1, -0.05) is 12.8 Å². The number of nitrogen functional groups attached to an aromatic ring is 1. The fourth-order valence-corrected chi connectivity index (χ4v) is 3.76. The van der Waals surface area contributed by atoms with Crippen LogP contribution in [0.1, 0.15) is 44.1 Å². The van der Waals surface area contributed by atoms with Crippen molar-refractivity contribution in [3.63, 3.8) is 0 Å². The first kappa shape index (κ1) is 12.9. The first-order chi connectivity index (χ1) is 9.17. The molecule has 2 fully saturated rings. The number of halogens is 1. The van der Waals surface area contributed by atoms with Crippen LogP contribution in [-0.2, 0) is 6.54 Å². The Hall–Kier alpha value is -1.09. The first-order valence-electron chi connectivity index (χ1n) is 7.43. The number of anilines is 1. The van der Waals surface area contributed by atoms with Crippen molar-refractivity contribution >= 4 is 5.69 Å². The molecule has 2 nitrogen and oxygen atoms in total. The molecule has 0 bridgehead atoms. The Balaban J connectivity index is 1.61. The summed E-state index contributed by atoms with van der Waals surface area (Å²) in [4.78, 5) is 2.43. The number of hydrogen-bond donors (Lipinski definition) is 1. The summed E-state index contributed by atoms with van der Waals surface area (Å²) in [6, 6.07) is 4.69. The largest absolute Gasteiger partial charge is 0.398 e. The topological polar surface area (TPSA) is 29.3 Å². The van der Waals surface area contributed by atoms with Gasteiger partial charge in [-0.25, -0.2) is 4.39 Å². The van der Waals surface area contributed by atoms with Crippen LogP contribution in [0.25, 0.3) is 0 Å². The van der Waals surface area contributed by atoms with Crippen LogP contribution in [0.4, 0.5) is 10.1 Å². The van der Waals surface area contributed by atoms with Gasteiger partial charge in [-0.3, -0.25) is 4.90 Å². The number of rotatable bonds is 2. The van der Waals surface area contributed by atoms with Crippen LogP contribution >= 0.6 is 0 Å². The number of likely N-dealkylation sites (tertiary alicyclic amines) is 1. The number of nitrogens with two attached hydrogens (primary N) is 1. The molecule has 1 aliphatic carbocycles. The Kier molecular flexibility index (Phi) is 3.48. The summed E-state index contributed by atoms with van der Waals surface area (Å²) < 4.78 is 13.3. The zero-order valence-electron chi connectivity index (χ0n) is 11.5. The van der Waals surface area contributed by atoms with Crippen molar-refractivity contribution < 1.29 is 4.39 Å². The standard InChI is InChI=1S/C16H23FN2/c17-14-3-4-15(18)13(11-14)12-19-9-7-16(8-10-19)5-1-2-6-16/h3-4,11H,1-2,5-10,12,18H2. The molecule has 104 valence electrons. The minimum atomic E-state index is -0.187. The minimum absolute atomic E-state index is 0.187. The molecule has 2 aliphatic rings. The van der Waals surface area contributed by atoms with E-state index in [0.29, 0.717) is 11.1 Å². The molecule has 1 aliphatic heterocycles. The van der Waals surface area contributed by atoms with E-state index in [1.807, 2.05) is 0 Å². The molecule has 0 atom stereocenters. The van der Waals surface area contributed by atoms with Gasteiger partial charge in [0.05, 0.1) is 0 Å². The van der Waals surface area contributed by atoms with E-state index >= 15 is 0 Å². The monoisotopic (exact) mass is 262 g/mol. The Labute approximate surface area is 114 Å². The molecule has 3 heteroatoms. The lowest BCUT2D eigenvalue weighted by Gasteiger charge is -2.39. The predicted octanol–water partition coefficient (Wildman–Crippen LogP) is 3.56. The van der Waals surface area contributed by atoms with Gasteiger partial charge in [-0.15, -0.1) is 0 Å². The van der Waals surface area contributed by atoms with Crippen molar-refractivity contribution in [3.05, 3.63) is 29.6 Å². The summed E-state index contributed by atoms with van der Waals surface area (Å²) in [5.74, 6) is -0.187. The highest BCUT2D eigenvalue weighted by Gasteiger charge is 2.36. The van der Waals surface area contributed by atoms with E-state index in [0.717, 1.165) is 25.2 Å². The number of piperidine rings is 1. The smallest absolute Gasteiger partial charge is 0.123 e. The summed E-state index contributed by atoms with van der Waals surface area (Å²) in [5.41, 5.74) is 8.22. The second kappa shape index (κ2) is 5.12. The Morgan fingerprint density at radius 1 is 1.11 bits per heavy atom. The van der Waals surface area contributed by atoms with Gasteiger partial charge in [-0.2, -0.15) is 0 Å². The normalized spacial score (nSPS) is 23.0. The first-order valence-corrected chi connectivity index (χ1v) is 7.43. The van der Waals surface area contributed by atoms with Crippen LogP contribution in [0.15, 0.2) is 18.2 Å². The number of hydrogen-bond acceptors (Lipinski definition) is 2. The van der Waals surface area contributed by atoms with Gasteiger partial charge >= 0.3 is 0 Å². The van der Waals surface area contributed by atoms with Crippen molar-refractivity contribution in [3.8, 4) is 0 Å². The highest BCUT2D eigenvalue weighted by atomic mass is 19.1. The van der Waals surface area contributed by atoms with Crippen molar-refractivity contribution in [2.24, 2.45) is 5.41 Å². The summed E-state index contributed by atoms with van der Waals surface area (Å²) in [7, 11) is 0. The molecule has 0 unspecified atom stereocenters. The maximum atomic E-state index is 13.3. The molecule has 1 aromatic rings. The van der Waals surface area contributed by atoms with Gasteiger partial charge in [-0.05, 0) is 68.0 Å². The Morgan fingerprint density at radius 2 is 1.79 bits per heavy atom. The van der Waals surface area contributed by atoms with Gasteiger partial charge in [0.2, 0.25) is 0 Å². The second-order valence-corrected chi connectivity index (χ2v) is 6.33. The Bertz CT molecular complexity index is 442. The number of benzene rings is 1. The zero-order chi connectivity index (χ0) is 13.3. The minimum Gasteiger partial charge on any atom is -0.398 e. The molecule has 1 aromatic carbocycles.